The predicted molar refractivity (Wildman–Crippen MR) is 58.9 cm³/mol. The van der Waals surface area contributed by atoms with Crippen LogP contribution >= 0.6 is 0 Å². The number of rotatable bonds is 4. The lowest BCUT2D eigenvalue weighted by Gasteiger charge is -2.32. The zero-order valence-electron chi connectivity index (χ0n) is 9.47. The van der Waals surface area contributed by atoms with Crippen LogP contribution in [0.1, 0.15) is 52.9 Å². The van der Waals surface area contributed by atoms with Crippen molar-refractivity contribution in [1.82, 2.24) is 5.32 Å². The maximum absolute atomic E-state index is 3.67. The molecule has 0 aromatic rings. The summed E-state index contributed by atoms with van der Waals surface area (Å²) in [5.41, 5.74) is 0. The SMILES string of the molecule is CCCCN[C@H]1CC[C@@H](C)[C@H](C)C1. The van der Waals surface area contributed by atoms with Crippen molar-refractivity contribution in [3.8, 4) is 0 Å². The van der Waals surface area contributed by atoms with E-state index in [0.717, 1.165) is 17.9 Å². The number of hydrogen-bond donors (Lipinski definition) is 1. The first-order chi connectivity index (χ1) is 6.24. The van der Waals surface area contributed by atoms with Crippen molar-refractivity contribution < 1.29 is 0 Å². The molecular formula is C12H25N. The Kier molecular flexibility index (Phi) is 4.79. The summed E-state index contributed by atoms with van der Waals surface area (Å²) in [4.78, 5) is 0. The van der Waals surface area contributed by atoms with Gasteiger partial charge in [0, 0.05) is 6.04 Å². The van der Waals surface area contributed by atoms with Crippen LogP contribution in [0.2, 0.25) is 0 Å². The quantitative estimate of drug-likeness (QED) is 0.660. The molecule has 1 saturated carbocycles. The standard InChI is InChI=1S/C12H25N/c1-4-5-8-13-12-7-6-10(2)11(3)9-12/h10-13H,4-9H2,1-3H3/t10-,11-,12+/m1/s1. The van der Waals surface area contributed by atoms with Crippen molar-refractivity contribution in [2.24, 2.45) is 11.8 Å². The number of unbranched alkanes of at least 4 members (excludes halogenated alkanes) is 1. The van der Waals surface area contributed by atoms with Gasteiger partial charge < -0.3 is 5.32 Å². The minimum Gasteiger partial charge on any atom is -0.314 e. The van der Waals surface area contributed by atoms with Crippen LogP contribution in [-0.4, -0.2) is 12.6 Å². The molecule has 1 aliphatic carbocycles. The third kappa shape index (κ3) is 3.68. The minimum absolute atomic E-state index is 0.817. The van der Waals surface area contributed by atoms with Crippen LogP contribution in [0.3, 0.4) is 0 Å². The monoisotopic (exact) mass is 183 g/mol. The van der Waals surface area contributed by atoms with Gasteiger partial charge in [-0.3, -0.25) is 0 Å². The van der Waals surface area contributed by atoms with Gasteiger partial charge >= 0.3 is 0 Å². The van der Waals surface area contributed by atoms with Crippen LogP contribution in [0.25, 0.3) is 0 Å². The van der Waals surface area contributed by atoms with Gasteiger partial charge in [0.05, 0.1) is 0 Å². The van der Waals surface area contributed by atoms with Crippen LogP contribution in [0, 0.1) is 11.8 Å². The van der Waals surface area contributed by atoms with Gasteiger partial charge in [-0.25, -0.2) is 0 Å². The number of hydrogen-bond acceptors (Lipinski definition) is 1. The zero-order valence-corrected chi connectivity index (χ0v) is 9.47. The predicted octanol–water partition coefficient (Wildman–Crippen LogP) is 3.20. The topological polar surface area (TPSA) is 12.0 Å². The molecule has 3 atom stereocenters. The van der Waals surface area contributed by atoms with Gasteiger partial charge in [-0.2, -0.15) is 0 Å². The van der Waals surface area contributed by atoms with Crippen molar-refractivity contribution in [3.05, 3.63) is 0 Å². The van der Waals surface area contributed by atoms with Gasteiger partial charge in [-0.05, 0) is 44.1 Å². The molecular weight excluding hydrogens is 158 g/mol. The molecule has 1 aliphatic rings. The Bertz CT molecular complexity index is 133. The third-order valence-electron chi connectivity index (χ3n) is 3.56. The Morgan fingerprint density at radius 3 is 2.54 bits per heavy atom. The first kappa shape index (κ1) is 11.0. The largest absolute Gasteiger partial charge is 0.314 e. The highest BCUT2D eigenvalue weighted by molar-refractivity contribution is 4.79. The Morgan fingerprint density at radius 1 is 1.15 bits per heavy atom. The van der Waals surface area contributed by atoms with Crippen molar-refractivity contribution in [3.63, 3.8) is 0 Å². The van der Waals surface area contributed by atoms with Gasteiger partial charge in [0.15, 0.2) is 0 Å². The van der Waals surface area contributed by atoms with Crippen molar-refractivity contribution in [1.29, 1.82) is 0 Å². The molecule has 0 amide bonds. The Balaban J connectivity index is 2.14. The summed E-state index contributed by atoms with van der Waals surface area (Å²) in [6, 6.07) is 0.817. The zero-order chi connectivity index (χ0) is 9.68. The van der Waals surface area contributed by atoms with Crippen LogP contribution in [0.4, 0.5) is 0 Å². The molecule has 0 bridgehead atoms. The molecule has 1 rings (SSSR count). The molecule has 0 spiro atoms. The van der Waals surface area contributed by atoms with Crippen molar-refractivity contribution >= 4 is 0 Å². The molecule has 0 radical (unpaired) electrons. The van der Waals surface area contributed by atoms with E-state index in [1.807, 2.05) is 0 Å². The second-order valence-corrected chi connectivity index (χ2v) is 4.77. The highest BCUT2D eigenvalue weighted by Crippen LogP contribution is 2.29. The molecule has 0 aromatic carbocycles. The second-order valence-electron chi connectivity index (χ2n) is 4.77. The fourth-order valence-corrected chi connectivity index (χ4v) is 2.22. The maximum atomic E-state index is 3.67. The molecule has 13 heavy (non-hydrogen) atoms. The molecule has 78 valence electrons. The molecule has 0 unspecified atom stereocenters. The summed E-state index contributed by atoms with van der Waals surface area (Å²) >= 11 is 0. The third-order valence-corrected chi connectivity index (χ3v) is 3.56. The molecule has 0 aromatic heterocycles. The summed E-state index contributed by atoms with van der Waals surface area (Å²) < 4.78 is 0. The van der Waals surface area contributed by atoms with Gasteiger partial charge in [0.1, 0.15) is 0 Å². The Labute approximate surface area is 83.3 Å². The van der Waals surface area contributed by atoms with Gasteiger partial charge in [-0.15, -0.1) is 0 Å². The Morgan fingerprint density at radius 2 is 1.92 bits per heavy atom. The first-order valence-corrected chi connectivity index (χ1v) is 5.97. The van der Waals surface area contributed by atoms with E-state index in [0.29, 0.717) is 0 Å². The lowest BCUT2D eigenvalue weighted by molar-refractivity contribution is 0.226. The lowest BCUT2D eigenvalue weighted by atomic mass is 9.79. The van der Waals surface area contributed by atoms with Crippen molar-refractivity contribution in [2.45, 2.75) is 58.9 Å². The van der Waals surface area contributed by atoms with Crippen LogP contribution in [-0.2, 0) is 0 Å². The van der Waals surface area contributed by atoms with E-state index in [4.69, 9.17) is 0 Å². The molecule has 0 aliphatic heterocycles. The highest BCUT2D eigenvalue weighted by atomic mass is 14.9. The Hall–Kier alpha value is -0.0400. The van der Waals surface area contributed by atoms with E-state index >= 15 is 0 Å². The second kappa shape index (κ2) is 5.64. The fraction of sp³-hybridized carbons (Fsp3) is 1.00. The summed E-state index contributed by atoms with van der Waals surface area (Å²) in [6.07, 6.45) is 6.86. The van der Waals surface area contributed by atoms with E-state index in [1.54, 1.807) is 0 Å². The summed E-state index contributed by atoms with van der Waals surface area (Å²) in [5.74, 6) is 1.87. The highest BCUT2D eigenvalue weighted by Gasteiger charge is 2.23. The van der Waals surface area contributed by atoms with Gasteiger partial charge in [0.2, 0.25) is 0 Å². The van der Waals surface area contributed by atoms with Gasteiger partial charge in [0.25, 0.3) is 0 Å². The summed E-state index contributed by atoms with van der Waals surface area (Å²) in [6.45, 7) is 8.28. The van der Waals surface area contributed by atoms with Crippen LogP contribution < -0.4 is 5.32 Å². The number of nitrogens with one attached hydrogen (secondary N) is 1. The van der Waals surface area contributed by atoms with Crippen molar-refractivity contribution in [2.75, 3.05) is 6.54 Å². The average molecular weight is 183 g/mol. The van der Waals surface area contributed by atoms with Gasteiger partial charge in [-0.1, -0.05) is 27.2 Å². The normalized spacial score (nSPS) is 34.8. The lowest BCUT2D eigenvalue weighted by Crippen LogP contribution is -2.36. The summed E-state index contributed by atoms with van der Waals surface area (Å²) in [5, 5.41) is 3.67. The average Bonchev–Trinajstić information content (AvgIpc) is 2.12. The fourth-order valence-electron chi connectivity index (χ4n) is 2.22. The molecule has 1 heteroatoms. The molecule has 1 nitrogen and oxygen atoms in total. The summed E-state index contributed by atoms with van der Waals surface area (Å²) in [7, 11) is 0. The minimum atomic E-state index is 0.817. The van der Waals surface area contributed by atoms with E-state index < -0.39 is 0 Å². The van der Waals surface area contributed by atoms with E-state index in [1.165, 1.54) is 38.6 Å². The van der Waals surface area contributed by atoms with E-state index in [-0.39, 0.29) is 0 Å². The van der Waals surface area contributed by atoms with E-state index in [9.17, 15) is 0 Å². The maximum Gasteiger partial charge on any atom is 0.00698 e. The van der Waals surface area contributed by atoms with Crippen LogP contribution in [0.5, 0.6) is 0 Å². The van der Waals surface area contributed by atoms with E-state index in [2.05, 4.69) is 26.1 Å². The molecule has 1 N–H and O–H groups in total. The molecule has 1 fully saturated rings. The smallest absolute Gasteiger partial charge is 0.00698 e. The first-order valence-electron chi connectivity index (χ1n) is 5.97. The molecule has 0 heterocycles. The molecule has 0 saturated heterocycles. The van der Waals surface area contributed by atoms with Crippen LogP contribution in [0.15, 0.2) is 0 Å².